The number of hydrogen-bond donors (Lipinski definition) is 0. The minimum atomic E-state index is -3.07. The van der Waals surface area contributed by atoms with Gasteiger partial charge in [-0.05, 0) is 30.3 Å². The van der Waals surface area contributed by atoms with Gasteiger partial charge in [0, 0.05) is 56.0 Å². The van der Waals surface area contributed by atoms with Crippen molar-refractivity contribution in [1.82, 2.24) is 9.88 Å². The molecule has 2 fully saturated rings. The van der Waals surface area contributed by atoms with Gasteiger partial charge in [0.25, 0.3) is 0 Å². The van der Waals surface area contributed by atoms with Crippen LogP contribution < -0.4 is 9.64 Å². The highest BCUT2D eigenvalue weighted by Gasteiger charge is 2.52. The van der Waals surface area contributed by atoms with E-state index in [0.717, 1.165) is 37.9 Å². The summed E-state index contributed by atoms with van der Waals surface area (Å²) in [7, 11) is 0. The number of hydrogen-bond acceptors (Lipinski definition) is 4. The lowest BCUT2D eigenvalue weighted by Gasteiger charge is -2.60. The molecule has 27 heavy (non-hydrogen) atoms. The summed E-state index contributed by atoms with van der Waals surface area (Å²) in [4.78, 5) is 19.6. The standard InChI is InChI=1S/C19H18F3N3O2/c1-12(26)24-8-19(9-24)10-25(11-19)14-4-5-23-16(7-14)13-2-3-17(15(20)6-13)27-18(21)22/h2-7,18H,8-11H2,1H3. The zero-order valence-corrected chi connectivity index (χ0v) is 14.7. The second kappa shape index (κ2) is 6.44. The molecule has 142 valence electrons. The van der Waals surface area contributed by atoms with Crippen LogP contribution in [-0.4, -0.2) is 48.6 Å². The first-order valence-corrected chi connectivity index (χ1v) is 8.56. The molecule has 4 rings (SSSR count). The van der Waals surface area contributed by atoms with Crippen LogP contribution in [0.3, 0.4) is 0 Å². The van der Waals surface area contributed by atoms with Crippen LogP contribution in [-0.2, 0) is 4.79 Å². The number of halogens is 3. The van der Waals surface area contributed by atoms with Crippen LogP contribution in [0.15, 0.2) is 36.5 Å². The van der Waals surface area contributed by atoms with Crippen molar-refractivity contribution in [3.05, 3.63) is 42.3 Å². The van der Waals surface area contributed by atoms with Crippen LogP contribution in [0.4, 0.5) is 18.9 Å². The van der Waals surface area contributed by atoms with Gasteiger partial charge in [0.15, 0.2) is 11.6 Å². The molecule has 2 aromatic rings. The van der Waals surface area contributed by atoms with E-state index in [1.54, 1.807) is 13.1 Å². The monoisotopic (exact) mass is 377 g/mol. The van der Waals surface area contributed by atoms with Crippen LogP contribution in [0.1, 0.15) is 6.92 Å². The van der Waals surface area contributed by atoms with Gasteiger partial charge in [-0.15, -0.1) is 0 Å². The maximum atomic E-state index is 14.0. The molecule has 1 aromatic carbocycles. The second-order valence-corrected chi connectivity index (χ2v) is 7.15. The molecule has 1 amide bonds. The molecule has 5 nitrogen and oxygen atoms in total. The molecule has 8 heteroatoms. The maximum Gasteiger partial charge on any atom is 0.387 e. The Labute approximate surface area is 154 Å². The van der Waals surface area contributed by atoms with Gasteiger partial charge in [-0.25, -0.2) is 4.39 Å². The van der Waals surface area contributed by atoms with Crippen LogP contribution >= 0.6 is 0 Å². The first kappa shape index (κ1) is 17.6. The highest BCUT2D eigenvalue weighted by Crippen LogP contribution is 2.42. The third-order valence-electron chi connectivity index (χ3n) is 5.10. The predicted molar refractivity (Wildman–Crippen MR) is 93.2 cm³/mol. The van der Waals surface area contributed by atoms with Crippen LogP contribution in [0.5, 0.6) is 5.75 Å². The van der Waals surface area contributed by atoms with Gasteiger partial charge in [-0.1, -0.05) is 0 Å². The Morgan fingerprint density at radius 3 is 2.56 bits per heavy atom. The Bertz CT molecular complexity index is 876. The van der Waals surface area contributed by atoms with Crippen molar-refractivity contribution in [2.75, 3.05) is 31.1 Å². The quantitative estimate of drug-likeness (QED) is 0.821. The minimum absolute atomic E-state index is 0.103. The van der Waals surface area contributed by atoms with Crippen molar-refractivity contribution in [3.63, 3.8) is 0 Å². The van der Waals surface area contributed by atoms with Gasteiger partial charge in [-0.2, -0.15) is 8.78 Å². The number of carbonyl (C=O) groups excluding carboxylic acids is 1. The lowest BCUT2D eigenvalue weighted by molar-refractivity contribution is -0.142. The van der Waals surface area contributed by atoms with Gasteiger partial charge in [0.05, 0.1) is 5.69 Å². The van der Waals surface area contributed by atoms with E-state index in [4.69, 9.17) is 0 Å². The third kappa shape index (κ3) is 3.31. The lowest BCUT2D eigenvalue weighted by Crippen LogP contribution is -2.72. The number of rotatable bonds is 4. The summed E-state index contributed by atoms with van der Waals surface area (Å²) in [5.74, 6) is -1.25. The number of benzene rings is 1. The number of nitrogens with zero attached hydrogens (tertiary/aromatic N) is 3. The fourth-order valence-electron chi connectivity index (χ4n) is 3.76. The van der Waals surface area contributed by atoms with E-state index in [-0.39, 0.29) is 11.3 Å². The summed E-state index contributed by atoms with van der Waals surface area (Å²) in [5.41, 5.74) is 2.17. The number of alkyl halides is 2. The second-order valence-electron chi connectivity index (χ2n) is 7.15. The topological polar surface area (TPSA) is 45.7 Å². The van der Waals surface area contributed by atoms with Gasteiger partial charge < -0.3 is 14.5 Å². The highest BCUT2D eigenvalue weighted by atomic mass is 19.3. The highest BCUT2D eigenvalue weighted by molar-refractivity contribution is 5.75. The molecular weight excluding hydrogens is 359 g/mol. The number of likely N-dealkylation sites (tertiary alicyclic amines) is 1. The molecule has 2 aliphatic rings. The molecule has 1 aromatic heterocycles. The normalized spacial score (nSPS) is 17.7. The first-order chi connectivity index (χ1) is 12.8. The Hall–Kier alpha value is -2.77. The molecule has 0 unspecified atom stereocenters. The summed E-state index contributed by atoms with van der Waals surface area (Å²) >= 11 is 0. The summed E-state index contributed by atoms with van der Waals surface area (Å²) in [6.07, 6.45) is 1.64. The fourth-order valence-corrected chi connectivity index (χ4v) is 3.76. The zero-order valence-electron chi connectivity index (χ0n) is 14.7. The summed E-state index contributed by atoms with van der Waals surface area (Å²) in [5, 5.41) is 0. The molecule has 2 saturated heterocycles. The van der Waals surface area contributed by atoms with Crippen LogP contribution in [0.25, 0.3) is 11.3 Å². The average molecular weight is 377 g/mol. The molecule has 0 N–H and O–H groups in total. The summed E-state index contributed by atoms with van der Waals surface area (Å²) < 4.78 is 42.6. The van der Waals surface area contributed by atoms with Crippen LogP contribution in [0.2, 0.25) is 0 Å². The molecule has 0 radical (unpaired) electrons. The molecule has 0 atom stereocenters. The van der Waals surface area contributed by atoms with E-state index < -0.39 is 18.2 Å². The molecule has 1 spiro atoms. The minimum Gasteiger partial charge on any atom is -0.432 e. The van der Waals surface area contributed by atoms with Crippen molar-refractivity contribution in [2.45, 2.75) is 13.5 Å². The molecule has 0 aliphatic carbocycles. The predicted octanol–water partition coefficient (Wildman–Crippen LogP) is 3.16. The van der Waals surface area contributed by atoms with E-state index >= 15 is 0 Å². The Morgan fingerprint density at radius 2 is 1.93 bits per heavy atom. The van der Waals surface area contributed by atoms with Crippen molar-refractivity contribution in [2.24, 2.45) is 5.41 Å². The SMILES string of the molecule is CC(=O)N1CC2(C1)CN(c1ccnc(-c3ccc(OC(F)F)c(F)c3)c1)C2. The number of pyridine rings is 1. The maximum absolute atomic E-state index is 14.0. The van der Waals surface area contributed by atoms with Crippen molar-refractivity contribution >= 4 is 11.6 Å². The van der Waals surface area contributed by atoms with Gasteiger partial charge in [0.1, 0.15) is 0 Å². The van der Waals surface area contributed by atoms with E-state index in [1.165, 1.54) is 12.1 Å². The van der Waals surface area contributed by atoms with Crippen molar-refractivity contribution in [1.29, 1.82) is 0 Å². The van der Waals surface area contributed by atoms with Gasteiger partial charge in [-0.3, -0.25) is 9.78 Å². The summed E-state index contributed by atoms with van der Waals surface area (Å²) in [6, 6.07) is 7.53. The number of aromatic nitrogens is 1. The first-order valence-electron chi connectivity index (χ1n) is 8.56. The Morgan fingerprint density at radius 1 is 1.19 bits per heavy atom. The van der Waals surface area contributed by atoms with E-state index in [1.807, 2.05) is 17.0 Å². The van der Waals surface area contributed by atoms with Gasteiger partial charge in [0.2, 0.25) is 5.91 Å². The average Bonchev–Trinajstić information content (AvgIpc) is 2.54. The molecular formula is C19H18F3N3O2. The largest absolute Gasteiger partial charge is 0.432 e. The lowest BCUT2D eigenvalue weighted by atomic mass is 9.72. The fraction of sp³-hybridized carbons (Fsp3) is 0.368. The Kier molecular flexibility index (Phi) is 4.20. The summed E-state index contributed by atoms with van der Waals surface area (Å²) in [6.45, 7) is 1.79. The molecule has 0 bridgehead atoms. The number of ether oxygens (including phenoxy) is 1. The van der Waals surface area contributed by atoms with Gasteiger partial charge >= 0.3 is 6.61 Å². The number of carbonyl (C=O) groups is 1. The number of amides is 1. The number of anilines is 1. The van der Waals surface area contributed by atoms with Crippen molar-refractivity contribution < 1.29 is 22.7 Å². The smallest absolute Gasteiger partial charge is 0.387 e. The third-order valence-corrected chi connectivity index (χ3v) is 5.10. The molecule has 0 saturated carbocycles. The molecule has 3 heterocycles. The van der Waals surface area contributed by atoms with E-state index in [2.05, 4.69) is 14.6 Å². The van der Waals surface area contributed by atoms with Crippen LogP contribution in [0, 0.1) is 11.2 Å². The van der Waals surface area contributed by atoms with E-state index in [0.29, 0.717) is 11.3 Å². The Balaban J connectivity index is 1.46. The molecule has 2 aliphatic heterocycles. The van der Waals surface area contributed by atoms with E-state index in [9.17, 15) is 18.0 Å². The zero-order chi connectivity index (χ0) is 19.2. The van der Waals surface area contributed by atoms with Crippen molar-refractivity contribution in [3.8, 4) is 17.0 Å².